The molecule has 12 rings (SSSR count). The molecule has 8 aromatic carbocycles. The first kappa shape index (κ1) is 46.2. The molecule has 0 bridgehead atoms. The number of carbonyl (C=O) groups excluding carboxylic acids is 2. The van der Waals surface area contributed by atoms with Crippen molar-refractivity contribution in [3.63, 3.8) is 0 Å². The fraction of sp³-hybridized carbons (Fsp3) is 0.194. The third-order valence-corrected chi connectivity index (χ3v) is 14.1. The molecule has 1 N–H and O–H groups in total. The number of H-pyrrole nitrogens is 1. The Morgan fingerprint density at radius 1 is 0.507 bits per heavy atom. The lowest BCUT2D eigenvalue weighted by atomic mass is 9.95. The Labute approximate surface area is 422 Å². The van der Waals surface area contributed by atoms with E-state index in [2.05, 4.69) is 9.55 Å². The fourth-order valence-electron chi connectivity index (χ4n) is 10.5. The maximum absolute atomic E-state index is 14.7. The van der Waals surface area contributed by atoms with Crippen molar-refractivity contribution in [2.24, 2.45) is 0 Å². The summed E-state index contributed by atoms with van der Waals surface area (Å²) in [6.45, 7) is 1.54. The first-order valence-electron chi connectivity index (χ1n) is 24.8. The number of aromatic amines is 1. The van der Waals surface area contributed by atoms with Gasteiger partial charge in [0.2, 0.25) is 0 Å². The van der Waals surface area contributed by atoms with Gasteiger partial charge in [0, 0.05) is 40.2 Å². The van der Waals surface area contributed by atoms with Gasteiger partial charge >= 0.3 is 0 Å². The average Bonchev–Trinajstić information content (AvgIpc) is 4.07. The molecule has 2 amide bonds. The highest BCUT2D eigenvalue weighted by Crippen LogP contribution is 2.49. The van der Waals surface area contributed by atoms with E-state index in [1.54, 1.807) is 7.05 Å². The zero-order chi connectivity index (χ0) is 49.3. The van der Waals surface area contributed by atoms with Gasteiger partial charge in [-0.1, -0.05) is 170 Å². The molecule has 1 fully saturated rings. The zero-order valence-corrected chi connectivity index (χ0v) is 40.3. The third-order valence-electron chi connectivity index (χ3n) is 14.1. The van der Waals surface area contributed by atoms with Gasteiger partial charge in [-0.3, -0.25) is 14.5 Å². The van der Waals surface area contributed by atoms with E-state index in [9.17, 15) is 9.59 Å². The molecular formula is C62H53N3O8. The van der Waals surface area contributed by atoms with E-state index >= 15 is 0 Å². The minimum absolute atomic E-state index is 0.138. The Hall–Kier alpha value is -7.90. The van der Waals surface area contributed by atoms with Crippen LogP contribution >= 0.6 is 0 Å². The minimum atomic E-state index is -0.951. The molecule has 1 saturated heterocycles. The minimum Gasteiger partial charge on any atom is -0.489 e. The van der Waals surface area contributed by atoms with E-state index in [-0.39, 0.29) is 38.2 Å². The summed E-state index contributed by atoms with van der Waals surface area (Å²) in [6, 6.07) is 64.1. The smallest absolute Gasteiger partial charge is 0.262 e. The van der Waals surface area contributed by atoms with E-state index in [0.29, 0.717) is 57.4 Å². The number of rotatable bonds is 17. The monoisotopic (exact) mass is 967 g/mol. The van der Waals surface area contributed by atoms with Crippen LogP contribution in [0.25, 0.3) is 43.6 Å². The number of nitrogens with one attached hydrogen (secondary N) is 1. The van der Waals surface area contributed by atoms with Crippen molar-refractivity contribution in [2.45, 2.75) is 63.7 Å². The molecule has 4 heterocycles. The Kier molecular flexibility index (Phi) is 12.9. The molecule has 0 unspecified atom stereocenters. The molecule has 0 aliphatic carbocycles. The quantitative estimate of drug-likeness (QED) is 0.0898. The molecule has 364 valence electrons. The topological polar surface area (TPSA) is 113 Å². The lowest BCUT2D eigenvalue weighted by molar-refractivity contribution is -0.288. The maximum atomic E-state index is 14.7. The van der Waals surface area contributed by atoms with Gasteiger partial charge in [-0.05, 0) is 46.0 Å². The number of nitrogens with zero attached hydrogens (tertiary/aromatic N) is 2. The van der Waals surface area contributed by atoms with Crippen LogP contribution in [0, 0.1) is 0 Å². The molecule has 2 aliphatic rings. The summed E-state index contributed by atoms with van der Waals surface area (Å²) >= 11 is 0. The van der Waals surface area contributed by atoms with Crippen molar-refractivity contribution in [1.29, 1.82) is 0 Å². The Morgan fingerprint density at radius 3 is 1.59 bits per heavy atom. The summed E-state index contributed by atoms with van der Waals surface area (Å²) in [6.07, 6.45) is -3.99. The van der Waals surface area contributed by atoms with E-state index in [4.69, 9.17) is 28.4 Å². The number of ether oxygens (including phenoxy) is 6. The van der Waals surface area contributed by atoms with E-state index in [1.165, 1.54) is 4.90 Å². The predicted molar refractivity (Wildman–Crippen MR) is 281 cm³/mol. The summed E-state index contributed by atoms with van der Waals surface area (Å²) in [4.78, 5) is 34.1. The largest absolute Gasteiger partial charge is 0.489 e. The SMILES string of the molecule is CN1C(=O)c2c(c3c4ccc(OCc5ccccc5)cc4n([C@@H]4O[C@H](COCc5ccccc5)[C@@H](OCc5ccccc5)[C@H](OCc5ccccc5)[C@H]4OCc4ccccc4)c3c3[nH]c4ccccc4c23)C1=O. The standard InChI is InChI=1S/C62H53N3O8/c1-64-60(66)53-51-46-29-17-18-30-48(46)63-55(51)56-52(54(53)61(64)67)47-32-31-45(69-35-41-21-9-3-10-22-41)33-49(47)65(56)62-59(72-38-44-27-15-6-16-28-44)58(71-37-43-25-13-5-14-26-43)57(70-36-42-23-11-4-12-24-42)50(73-62)39-68-34-40-19-7-2-8-20-40/h2-33,50,57-59,62-63H,34-39H2,1H3/t50-,57-,58+,59-,62-/m1/s1. The number of aromatic nitrogens is 2. The van der Waals surface area contributed by atoms with Crippen LogP contribution in [-0.2, 0) is 56.7 Å². The second kappa shape index (κ2) is 20.3. The molecule has 5 atom stereocenters. The number of amides is 2. The first-order valence-corrected chi connectivity index (χ1v) is 24.8. The van der Waals surface area contributed by atoms with Gasteiger partial charge in [-0.25, -0.2) is 0 Å². The second-order valence-electron chi connectivity index (χ2n) is 18.7. The van der Waals surface area contributed by atoms with Gasteiger partial charge in [0.15, 0.2) is 6.23 Å². The average molecular weight is 968 g/mol. The van der Waals surface area contributed by atoms with Crippen LogP contribution in [0.4, 0.5) is 0 Å². The number of imide groups is 1. The van der Waals surface area contributed by atoms with Gasteiger partial charge < -0.3 is 38.0 Å². The van der Waals surface area contributed by atoms with Crippen LogP contribution in [0.1, 0.15) is 54.8 Å². The lowest BCUT2D eigenvalue weighted by Gasteiger charge is -2.47. The molecule has 2 aliphatic heterocycles. The number of para-hydroxylation sites is 1. The van der Waals surface area contributed by atoms with Crippen molar-refractivity contribution in [3.05, 3.63) is 233 Å². The molecule has 0 saturated carbocycles. The van der Waals surface area contributed by atoms with Crippen LogP contribution in [0.5, 0.6) is 5.75 Å². The summed E-state index contributed by atoms with van der Waals surface area (Å²) in [7, 11) is 1.55. The van der Waals surface area contributed by atoms with Crippen LogP contribution in [0.2, 0.25) is 0 Å². The number of carbonyl (C=O) groups is 2. The maximum Gasteiger partial charge on any atom is 0.262 e. The molecule has 10 aromatic rings. The predicted octanol–water partition coefficient (Wildman–Crippen LogP) is 12.1. The Balaban J connectivity index is 1.10. The summed E-state index contributed by atoms with van der Waals surface area (Å²) in [5.41, 5.74) is 8.52. The third kappa shape index (κ3) is 8.96. The highest BCUT2D eigenvalue weighted by Gasteiger charge is 2.51. The number of fused-ring (bicyclic) bond motifs is 10. The van der Waals surface area contributed by atoms with E-state index in [1.807, 2.05) is 194 Å². The zero-order valence-electron chi connectivity index (χ0n) is 40.3. The van der Waals surface area contributed by atoms with Crippen LogP contribution in [0.3, 0.4) is 0 Å². The Morgan fingerprint density at radius 2 is 1.00 bits per heavy atom. The second-order valence-corrected chi connectivity index (χ2v) is 18.7. The summed E-state index contributed by atoms with van der Waals surface area (Å²) < 4.78 is 44.6. The van der Waals surface area contributed by atoms with Gasteiger partial charge in [0.05, 0.1) is 60.7 Å². The van der Waals surface area contributed by atoms with Crippen molar-refractivity contribution in [1.82, 2.24) is 14.5 Å². The fourth-order valence-corrected chi connectivity index (χ4v) is 10.5. The molecule has 0 spiro atoms. The summed E-state index contributed by atoms with van der Waals surface area (Å²) in [5, 5.41) is 2.84. The molecular weight excluding hydrogens is 915 g/mol. The normalized spacial score (nSPS) is 18.9. The molecule has 0 radical (unpaired) electrons. The number of benzene rings is 8. The van der Waals surface area contributed by atoms with Crippen molar-refractivity contribution in [2.75, 3.05) is 13.7 Å². The molecule has 11 nitrogen and oxygen atoms in total. The number of hydrogen-bond donors (Lipinski definition) is 1. The van der Waals surface area contributed by atoms with Crippen molar-refractivity contribution >= 4 is 55.4 Å². The highest BCUT2D eigenvalue weighted by atomic mass is 16.6. The van der Waals surface area contributed by atoms with Crippen LogP contribution in [-0.4, -0.2) is 64.3 Å². The summed E-state index contributed by atoms with van der Waals surface area (Å²) in [5.74, 6) is -0.139. The van der Waals surface area contributed by atoms with Gasteiger partial charge in [-0.15, -0.1) is 0 Å². The van der Waals surface area contributed by atoms with Crippen molar-refractivity contribution < 1.29 is 38.0 Å². The van der Waals surface area contributed by atoms with E-state index < -0.39 is 30.6 Å². The lowest BCUT2D eigenvalue weighted by Crippen LogP contribution is -2.59. The molecule has 2 aromatic heterocycles. The van der Waals surface area contributed by atoms with E-state index in [0.717, 1.165) is 44.1 Å². The number of hydrogen-bond acceptors (Lipinski definition) is 8. The highest BCUT2D eigenvalue weighted by molar-refractivity contribution is 6.39. The Bertz CT molecular complexity index is 3570. The van der Waals surface area contributed by atoms with Gasteiger partial charge in [-0.2, -0.15) is 0 Å². The first-order chi connectivity index (χ1) is 36.0. The van der Waals surface area contributed by atoms with Gasteiger partial charge in [0.1, 0.15) is 36.8 Å². The molecule has 73 heavy (non-hydrogen) atoms. The van der Waals surface area contributed by atoms with Gasteiger partial charge in [0.25, 0.3) is 11.8 Å². The van der Waals surface area contributed by atoms with Crippen molar-refractivity contribution in [3.8, 4) is 5.75 Å². The van der Waals surface area contributed by atoms with Crippen LogP contribution in [0.15, 0.2) is 194 Å². The molecule has 11 heteroatoms. The van der Waals surface area contributed by atoms with Crippen LogP contribution < -0.4 is 4.74 Å².